The molecule has 0 aliphatic carbocycles. The monoisotopic (exact) mass is 352 g/mol. The van der Waals surface area contributed by atoms with Crippen LogP contribution in [0.15, 0.2) is 42.5 Å². The number of nitrogens with one attached hydrogen (secondary N) is 1. The molecule has 0 aliphatic heterocycles. The van der Waals surface area contributed by atoms with E-state index in [1.807, 2.05) is 19.2 Å². The van der Waals surface area contributed by atoms with Gasteiger partial charge in [0.1, 0.15) is 0 Å². The molecule has 26 heavy (non-hydrogen) atoms. The number of hydrogen-bond acceptors (Lipinski definition) is 1. The lowest BCUT2D eigenvalue weighted by Gasteiger charge is -2.24. The molecule has 0 fully saturated rings. The molecule has 2 rings (SSSR count). The van der Waals surface area contributed by atoms with Crippen LogP contribution in [0.2, 0.25) is 0 Å². The van der Waals surface area contributed by atoms with Crippen molar-refractivity contribution in [2.24, 2.45) is 0 Å². The van der Waals surface area contributed by atoms with E-state index in [0.717, 1.165) is 11.4 Å². The summed E-state index contributed by atoms with van der Waals surface area (Å²) in [5.41, 5.74) is 5.46. The summed E-state index contributed by atoms with van der Waals surface area (Å²) in [6, 6.07) is 14.4. The maximum atomic E-state index is 12.9. The Labute approximate surface area is 158 Å². The number of anilines is 2. The Bertz CT molecular complexity index is 719. The predicted molar refractivity (Wildman–Crippen MR) is 113 cm³/mol. The van der Waals surface area contributed by atoms with Gasteiger partial charge in [-0.25, -0.2) is 4.79 Å². The zero-order valence-corrected chi connectivity index (χ0v) is 17.1. The minimum atomic E-state index is -0.114. The molecule has 0 radical (unpaired) electrons. The number of amides is 2. The fraction of sp³-hybridized carbons (Fsp3) is 0.435. The molecule has 140 valence electrons. The second kappa shape index (κ2) is 8.39. The van der Waals surface area contributed by atoms with Crippen LogP contribution in [0, 0.1) is 0 Å². The normalized spacial score (nSPS) is 11.3. The Morgan fingerprint density at radius 2 is 1.31 bits per heavy atom. The van der Waals surface area contributed by atoms with Crippen molar-refractivity contribution in [2.75, 3.05) is 17.3 Å². The first-order chi connectivity index (χ1) is 12.2. The van der Waals surface area contributed by atoms with Gasteiger partial charge in [0.15, 0.2) is 0 Å². The molecule has 2 amide bonds. The number of nitrogens with zero attached hydrogens (tertiary/aromatic N) is 1. The van der Waals surface area contributed by atoms with E-state index in [0.29, 0.717) is 17.8 Å². The Balaban J connectivity index is 2.28. The van der Waals surface area contributed by atoms with E-state index in [9.17, 15) is 4.79 Å². The predicted octanol–water partition coefficient (Wildman–Crippen LogP) is 6.73. The first-order valence-corrected chi connectivity index (χ1v) is 9.49. The molecule has 0 bridgehead atoms. The summed E-state index contributed by atoms with van der Waals surface area (Å²) >= 11 is 0. The van der Waals surface area contributed by atoms with Crippen molar-refractivity contribution in [1.82, 2.24) is 0 Å². The standard InChI is InChI=1S/C23H32N2O/c1-15(2)18-11-13-19(14-12-18)25(7)23(26)24-22-20(16(3)4)9-8-10-21(22)17(5)6/h8-17H,1-7H3,(H,24,26). The van der Waals surface area contributed by atoms with Crippen LogP contribution in [0.5, 0.6) is 0 Å². The van der Waals surface area contributed by atoms with Crippen LogP contribution in [-0.2, 0) is 0 Å². The average molecular weight is 353 g/mol. The van der Waals surface area contributed by atoms with E-state index in [1.54, 1.807) is 4.90 Å². The summed E-state index contributed by atoms with van der Waals surface area (Å²) in [4.78, 5) is 14.6. The lowest BCUT2D eigenvalue weighted by atomic mass is 9.93. The Morgan fingerprint density at radius 3 is 1.73 bits per heavy atom. The number of hydrogen-bond donors (Lipinski definition) is 1. The summed E-state index contributed by atoms with van der Waals surface area (Å²) in [6.07, 6.45) is 0. The van der Waals surface area contributed by atoms with E-state index in [2.05, 4.69) is 77.2 Å². The average Bonchev–Trinajstić information content (AvgIpc) is 2.60. The van der Waals surface area contributed by atoms with E-state index < -0.39 is 0 Å². The molecule has 2 aromatic carbocycles. The summed E-state index contributed by atoms with van der Waals surface area (Å²) in [5, 5.41) is 3.16. The summed E-state index contributed by atoms with van der Waals surface area (Å²) in [6.45, 7) is 13.0. The van der Waals surface area contributed by atoms with E-state index in [-0.39, 0.29) is 6.03 Å². The zero-order valence-electron chi connectivity index (χ0n) is 17.1. The van der Waals surface area contributed by atoms with E-state index in [4.69, 9.17) is 0 Å². The van der Waals surface area contributed by atoms with Crippen molar-refractivity contribution in [1.29, 1.82) is 0 Å². The van der Waals surface area contributed by atoms with Crippen molar-refractivity contribution >= 4 is 17.4 Å². The topological polar surface area (TPSA) is 32.3 Å². The Hall–Kier alpha value is -2.29. The Kier molecular flexibility index (Phi) is 6.47. The summed E-state index contributed by atoms with van der Waals surface area (Å²) < 4.78 is 0. The second-order valence-corrected chi connectivity index (χ2v) is 7.86. The van der Waals surface area contributed by atoms with Gasteiger partial charge in [-0.2, -0.15) is 0 Å². The quantitative estimate of drug-likeness (QED) is 0.636. The number of urea groups is 1. The molecule has 0 spiro atoms. The van der Waals surface area contributed by atoms with Crippen molar-refractivity contribution < 1.29 is 4.79 Å². The van der Waals surface area contributed by atoms with Crippen LogP contribution in [-0.4, -0.2) is 13.1 Å². The summed E-state index contributed by atoms with van der Waals surface area (Å²) in [5.74, 6) is 1.17. The van der Waals surface area contributed by atoms with Gasteiger partial charge >= 0.3 is 6.03 Å². The largest absolute Gasteiger partial charge is 0.326 e. The van der Waals surface area contributed by atoms with Crippen LogP contribution in [0.1, 0.15) is 76.0 Å². The van der Waals surface area contributed by atoms with E-state index >= 15 is 0 Å². The molecule has 0 aliphatic rings. The molecule has 0 heterocycles. The highest BCUT2D eigenvalue weighted by molar-refractivity contribution is 6.02. The molecular formula is C23H32N2O. The van der Waals surface area contributed by atoms with Crippen molar-refractivity contribution in [2.45, 2.75) is 59.3 Å². The molecule has 0 saturated heterocycles. The lowest BCUT2D eigenvalue weighted by Crippen LogP contribution is -2.32. The van der Waals surface area contributed by atoms with Gasteiger partial charge in [-0.15, -0.1) is 0 Å². The van der Waals surface area contributed by atoms with Crippen LogP contribution in [0.4, 0.5) is 16.2 Å². The third kappa shape index (κ3) is 4.46. The van der Waals surface area contributed by atoms with Gasteiger partial charge in [0.25, 0.3) is 0 Å². The minimum absolute atomic E-state index is 0.114. The first kappa shape index (κ1) is 20.0. The van der Waals surface area contributed by atoms with Crippen LogP contribution in [0.3, 0.4) is 0 Å². The molecule has 0 unspecified atom stereocenters. The molecule has 3 heteroatoms. The smallest absolute Gasteiger partial charge is 0.307 e. The van der Waals surface area contributed by atoms with Crippen LogP contribution in [0.25, 0.3) is 0 Å². The maximum Gasteiger partial charge on any atom is 0.326 e. The van der Waals surface area contributed by atoms with Gasteiger partial charge in [0.05, 0.1) is 0 Å². The van der Waals surface area contributed by atoms with Gasteiger partial charge < -0.3 is 5.32 Å². The van der Waals surface area contributed by atoms with Crippen LogP contribution < -0.4 is 10.2 Å². The number of carbonyl (C=O) groups is 1. The lowest BCUT2D eigenvalue weighted by molar-refractivity contribution is 0.258. The molecule has 0 saturated carbocycles. The first-order valence-electron chi connectivity index (χ1n) is 9.49. The van der Waals surface area contributed by atoms with Crippen molar-refractivity contribution in [3.05, 3.63) is 59.2 Å². The number of rotatable bonds is 5. The van der Waals surface area contributed by atoms with Gasteiger partial charge in [-0.1, -0.05) is 71.9 Å². The van der Waals surface area contributed by atoms with Gasteiger partial charge in [0.2, 0.25) is 0 Å². The Morgan fingerprint density at radius 1 is 0.808 bits per heavy atom. The molecule has 1 N–H and O–H groups in total. The SMILES string of the molecule is CC(C)c1ccc(N(C)C(=O)Nc2c(C(C)C)cccc2C(C)C)cc1. The third-order valence-corrected chi connectivity index (χ3v) is 4.86. The molecule has 2 aromatic rings. The zero-order chi connectivity index (χ0) is 19.4. The van der Waals surface area contributed by atoms with Gasteiger partial charge in [-0.3, -0.25) is 4.90 Å². The van der Waals surface area contributed by atoms with Gasteiger partial charge in [0, 0.05) is 18.4 Å². The highest BCUT2D eigenvalue weighted by Gasteiger charge is 2.18. The molecule has 0 atom stereocenters. The molecular weight excluding hydrogens is 320 g/mol. The molecule has 3 nitrogen and oxygen atoms in total. The highest BCUT2D eigenvalue weighted by Crippen LogP contribution is 2.32. The number of para-hydroxylation sites is 1. The van der Waals surface area contributed by atoms with E-state index in [1.165, 1.54) is 16.7 Å². The van der Waals surface area contributed by atoms with Crippen molar-refractivity contribution in [3.63, 3.8) is 0 Å². The summed E-state index contributed by atoms with van der Waals surface area (Å²) in [7, 11) is 1.81. The van der Waals surface area contributed by atoms with Crippen molar-refractivity contribution in [3.8, 4) is 0 Å². The van der Waals surface area contributed by atoms with Crippen LogP contribution >= 0.6 is 0 Å². The van der Waals surface area contributed by atoms with Gasteiger partial charge in [-0.05, 0) is 46.6 Å². The highest BCUT2D eigenvalue weighted by atomic mass is 16.2. The fourth-order valence-electron chi connectivity index (χ4n) is 3.09. The third-order valence-electron chi connectivity index (χ3n) is 4.86. The second-order valence-electron chi connectivity index (χ2n) is 7.86. The minimum Gasteiger partial charge on any atom is -0.307 e. The number of benzene rings is 2. The number of carbonyl (C=O) groups excluding carboxylic acids is 1. The maximum absolute atomic E-state index is 12.9. The fourth-order valence-corrected chi connectivity index (χ4v) is 3.09. The molecule has 0 aromatic heterocycles.